The molecule has 49 heavy (non-hydrogen) atoms. The second-order valence-electron chi connectivity index (χ2n) is 10.9. The van der Waals surface area contributed by atoms with Crippen molar-refractivity contribution < 1.29 is 32.9 Å². The molecule has 11 heteroatoms. The number of esters is 1. The summed E-state index contributed by atoms with van der Waals surface area (Å²) in [5, 5.41) is 0. The van der Waals surface area contributed by atoms with Gasteiger partial charge in [-0.3, -0.25) is 9.36 Å². The summed E-state index contributed by atoms with van der Waals surface area (Å²) < 4.78 is 43.4. The summed E-state index contributed by atoms with van der Waals surface area (Å²) in [6.07, 6.45) is 1.75. The Bertz CT molecular complexity index is 2210. The van der Waals surface area contributed by atoms with Crippen molar-refractivity contribution in [2.24, 2.45) is 4.99 Å². The van der Waals surface area contributed by atoms with Crippen molar-refractivity contribution >= 4 is 29.1 Å². The van der Waals surface area contributed by atoms with E-state index in [2.05, 4.69) is 0 Å². The normalized spacial score (nSPS) is 14.1. The summed E-state index contributed by atoms with van der Waals surface area (Å²) >= 11 is 1.21. The summed E-state index contributed by atoms with van der Waals surface area (Å²) in [7, 11) is 4.60. The lowest BCUT2D eigenvalue weighted by Gasteiger charge is -2.26. The molecule has 0 saturated carbocycles. The highest BCUT2D eigenvalue weighted by molar-refractivity contribution is 7.07. The molecular formula is C38H33FN2O7S. The minimum Gasteiger partial charge on any atom is -0.493 e. The average Bonchev–Trinajstić information content (AvgIpc) is 3.44. The first kappa shape index (κ1) is 33.2. The Morgan fingerprint density at radius 2 is 1.57 bits per heavy atom. The molecule has 1 aromatic heterocycles. The quantitative estimate of drug-likeness (QED) is 0.166. The smallest absolute Gasteiger partial charge is 0.338 e. The predicted molar refractivity (Wildman–Crippen MR) is 184 cm³/mol. The zero-order valence-electron chi connectivity index (χ0n) is 27.3. The fourth-order valence-corrected chi connectivity index (χ4v) is 6.57. The third-order valence-corrected chi connectivity index (χ3v) is 8.87. The molecule has 250 valence electrons. The number of rotatable bonds is 11. The fourth-order valence-electron chi connectivity index (χ4n) is 5.56. The zero-order chi connectivity index (χ0) is 34.5. The van der Waals surface area contributed by atoms with E-state index in [-0.39, 0.29) is 30.2 Å². The predicted octanol–water partition coefficient (Wildman–Crippen LogP) is 5.68. The van der Waals surface area contributed by atoms with Crippen LogP contribution in [0.2, 0.25) is 0 Å². The maximum absolute atomic E-state index is 14.3. The molecular weight excluding hydrogens is 647 g/mol. The van der Waals surface area contributed by atoms with Gasteiger partial charge >= 0.3 is 5.97 Å². The molecule has 0 unspecified atom stereocenters. The van der Waals surface area contributed by atoms with Crippen LogP contribution in [0.4, 0.5) is 4.39 Å². The van der Waals surface area contributed by atoms with Gasteiger partial charge in [0.15, 0.2) is 27.8 Å². The summed E-state index contributed by atoms with van der Waals surface area (Å²) in [6.45, 7) is 2.09. The van der Waals surface area contributed by atoms with Crippen LogP contribution in [0, 0.1) is 5.82 Å². The van der Waals surface area contributed by atoms with E-state index in [0.717, 1.165) is 5.56 Å². The van der Waals surface area contributed by atoms with Crippen LogP contribution in [0.25, 0.3) is 11.8 Å². The van der Waals surface area contributed by atoms with Gasteiger partial charge in [-0.1, -0.05) is 65.9 Å². The van der Waals surface area contributed by atoms with Crippen LogP contribution in [-0.2, 0) is 16.1 Å². The Hall–Kier alpha value is -5.68. The molecule has 0 radical (unpaired) electrons. The van der Waals surface area contributed by atoms with E-state index in [9.17, 15) is 14.0 Å². The third kappa shape index (κ3) is 6.84. The van der Waals surface area contributed by atoms with E-state index in [1.54, 1.807) is 55.5 Å². The molecule has 9 nitrogen and oxygen atoms in total. The third-order valence-electron chi connectivity index (χ3n) is 7.89. The van der Waals surface area contributed by atoms with Crippen LogP contribution < -0.4 is 33.8 Å². The van der Waals surface area contributed by atoms with Crippen molar-refractivity contribution in [3.8, 4) is 23.0 Å². The van der Waals surface area contributed by atoms with Gasteiger partial charge in [-0.25, -0.2) is 14.2 Å². The monoisotopic (exact) mass is 680 g/mol. The Labute approximate surface area is 285 Å². The van der Waals surface area contributed by atoms with Crippen molar-refractivity contribution in [2.45, 2.75) is 19.6 Å². The van der Waals surface area contributed by atoms with Crippen molar-refractivity contribution in [1.82, 2.24) is 4.57 Å². The maximum Gasteiger partial charge on any atom is 0.338 e. The highest BCUT2D eigenvalue weighted by Crippen LogP contribution is 2.38. The van der Waals surface area contributed by atoms with Gasteiger partial charge in [-0.2, -0.15) is 0 Å². The average molecular weight is 681 g/mol. The Morgan fingerprint density at radius 1 is 0.878 bits per heavy atom. The van der Waals surface area contributed by atoms with Gasteiger partial charge in [0, 0.05) is 5.56 Å². The number of nitrogens with zero attached hydrogens (tertiary/aromatic N) is 2. The summed E-state index contributed by atoms with van der Waals surface area (Å²) in [5.41, 5.74) is 3.10. The zero-order valence-corrected chi connectivity index (χ0v) is 28.1. The molecule has 2 heterocycles. The molecule has 0 fully saturated rings. The van der Waals surface area contributed by atoms with Gasteiger partial charge in [0.1, 0.15) is 12.4 Å². The van der Waals surface area contributed by atoms with Crippen LogP contribution in [0.3, 0.4) is 0 Å². The van der Waals surface area contributed by atoms with E-state index >= 15 is 0 Å². The van der Waals surface area contributed by atoms with Gasteiger partial charge in [0.25, 0.3) is 5.56 Å². The molecule has 1 aliphatic heterocycles. The van der Waals surface area contributed by atoms with Crippen LogP contribution in [0.5, 0.6) is 23.0 Å². The topological polar surface area (TPSA) is 97.6 Å². The van der Waals surface area contributed by atoms with E-state index in [1.165, 1.54) is 49.4 Å². The highest BCUT2D eigenvalue weighted by Gasteiger charge is 2.35. The van der Waals surface area contributed by atoms with Gasteiger partial charge in [-0.15, -0.1) is 0 Å². The van der Waals surface area contributed by atoms with Crippen molar-refractivity contribution in [3.05, 3.63) is 144 Å². The maximum atomic E-state index is 14.3. The van der Waals surface area contributed by atoms with E-state index in [1.807, 2.05) is 36.4 Å². The Balaban J connectivity index is 1.49. The molecule has 5 aromatic rings. The van der Waals surface area contributed by atoms with Crippen LogP contribution in [0.15, 0.2) is 106 Å². The number of carbonyl (C=O) groups excluding carboxylic acids is 1. The minimum atomic E-state index is -0.885. The number of methoxy groups -OCH3 is 3. The molecule has 0 amide bonds. The summed E-state index contributed by atoms with van der Waals surface area (Å²) in [5.74, 6) is 0.993. The van der Waals surface area contributed by atoms with Crippen molar-refractivity contribution in [3.63, 3.8) is 0 Å². The van der Waals surface area contributed by atoms with Gasteiger partial charge in [-0.05, 0) is 66.1 Å². The Kier molecular flexibility index (Phi) is 9.91. The molecule has 1 aliphatic rings. The van der Waals surface area contributed by atoms with Gasteiger partial charge in [0.2, 0.25) is 0 Å². The number of carbonyl (C=O) groups is 1. The standard InChI is InChI=1S/C38H33FN2O7S/c1-5-47-37(43)33-34(25-9-7-6-8-10-25)40-38-41(35(33)26-14-18-28(44-2)31(21-26)46-4)36(42)32(49-38)20-24-13-17-29(30(19-24)45-3)48-22-23-11-15-27(39)16-12-23/h6-21,35H,5,22H2,1-4H3/b32-20-/t35-/m0/s1. The number of halogens is 1. The summed E-state index contributed by atoms with van der Waals surface area (Å²) in [4.78, 5) is 33.4. The number of hydrogen-bond donors (Lipinski definition) is 0. The van der Waals surface area contributed by atoms with Crippen LogP contribution >= 0.6 is 11.3 Å². The lowest BCUT2D eigenvalue weighted by Crippen LogP contribution is -2.40. The summed E-state index contributed by atoms with van der Waals surface area (Å²) in [6, 6.07) is 25.1. The molecule has 4 aromatic carbocycles. The molecule has 6 rings (SSSR count). The second kappa shape index (κ2) is 14.6. The van der Waals surface area contributed by atoms with E-state index < -0.39 is 12.0 Å². The number of aromatic nitrogens is 1. The second-order valence-corrected chi connectivity index (χ2v) is 11.9. The SMILES string of the molecule is CCOC(=O)C1=C(c2ccccc2)N=c2s/c(=C\c3ccc(OCc4ccc(F)cc4)c(OC)c3)c(=O)n2[C@H]1c1ccc(OC)c(OC)c1. The molecule has 0 bridgehead atoms. The minimum absolute atomic E-state index is 0.138. The molecule has 1 atom stereocenters. The van der Waals surface area contributed by atoms with E-state index in [4.69, 9.17) is 28.7 Å². The largest absolute Gasteiger partial charge is 0.493 e. The van der Waals surface area contributed by atoms with E-state index in [0.29, 0.717) is 54.7 Å². The first-order valence-electron chi connectivity index (χ1n) is 15.4. The Morgan fingerprint density at radius 3 is 2.27 bits per heavy atom. The first-order chi connectivity index (χ1) is 23.8. The number of ether oxygens (including phenoxy) is 5. The van der Waals surface area contributed by atoms with Gasteiger partial charge < -0.3 is 23.7 Å². The van der Waals surface area contributed by atoms with Crippen LogP contribution in [0.1, 0.15) is 35.2 Å². The van der Waals surface area contributed by atoms with Gasteiger partial charge in [0.05, 0.1) is 49.8 Å². The lowest BCUT2D eigenvalue weighted by atomic mass is 9.93. The lowest BCUT2D eigenvalue weighted by molar-refractivity contribution is -0.138. The first-order valence-corrected chi connectivity index (χ1v) is 16.2. The number of fused-ring (bicyclic) bond motifs is 1. The number of hydrogen-bond acceptors (Lipinski definition) is 9. The molecule has 0 spiro atoms. The van der Waals surface area contributed by atoms with Crippen molar-refractivity contribution in [2.75, 3.05) is 27.9 Å². The molecule has 0 aliphatic carbocycles. The van der Waals surface area contributed by atoms with Crippen LogP contribution in [-0.4, -0.2) is 38.5 Å². The number of thiazole rings is 1. The highest BCUT2D eigenvalue weighted by atomic mass is 32.1. The molecule has 0 N–H and O–H groups in total. The number of benzene rings is 4. The van der Waals surface area contributed by atoms with Crippen molar-refractivity contribution in [1.29, 1.82) is 0 Å². The fraction of sp³-hybridized carbons (Fsp3) is 0.184. The molecule has 0 saturated heterocycles.